The summed E-state index contributed by atoms with van der Waals surface area (Å²) in [7, 11) is 1.45. The van der Waals surface area contributed by atoms with E-state index in [1.807, 2.05) is 20.8 Å². The minimum atomic E-state index is -3.99. The number of nitrogens with zero attached hydrogens (tertiary/aromatic N) is 1. The highest BCUT2D eigenvalue weighted by Crippen LogP contribution is 2.25. The van der Waals surface area contributed by atoms with Gasteiger partial charge in [-0.3, -0.25) is 4.79 Å². The summed E-state index contributed by atoms with van der Waals surface area (Å²) in [6.45, 7) is 11.4. The first-order valence-electron chi connectivity index (χ1n) is 6.46. The second-order valence-corrected chi connectivity index (χ2v) is 8.35. The lowest BCUT2D eigenvalue weighted by Crippen LogP contribution is -2.46. The van der Waals surface area contributed by atoms with Crippen molar-refractivity contribution in [2.75, 3.05) is 6.54 Å². The van der Waals surface area contributed by atoms with E-state index in [2.05, 4.69) is 6.58 Å². The number of rotatable bonds is 4. The number of carbonyl (C=O) groups is 1. The molecule has 4 nitrogen and oxygen atoms in total. The lowest BCUT2D eigenvalue weighted by molar-refractivity contribution is 0.0612. The molecule has 0 heterocycles. The summed E-state index contributed by atoms with van der Waals surface area (Å²) in [6, 6.07) is 4.51. The normalized spacial score (nSPS) is 12.0. The fourth-order valence-electron chi connectivity index (χ4n) is 1.96. The summed E-state index contributed by atoms with van der Waals surface area (Å²) in [5.74, 6) is -0.384. The average molecular weight is 330 g/mol. The Hall–Kier alpha value is -1.33. The number of hydrogen-bond donors (Lipinski definition) is 0. The first-order valence-corrected chi connectivity index (χ1v) is 8.77. The van der Waals surface area contributed by atoms with Gasteiger partial charge in [0.15, 0.2) is 0 Å². The Labute approximate surface area is 130 Å². The average Bonchev–Trinajstić information content (AvgIpc) is 2.32. The molecule has 0 aliphatic rings. The predicted molar refractivity (Wildman–Crippen MR) is 85.2 cm³/mol. The van der Waals surface area contributed by atoms with E-state index in [0.29, 0.717) is 6.54 Å². The lowest BCUT2D eigenvalue weighted by atomic mass is 10.0. The molecule has 1 aromatic carbocycles. The summed E-state index contributed by atoms with van der Waals surface area (Å²) in [5.41, 5.74) is 0.402. The van der Waals surface area contributed by atoms with Crippen LogP contribution in [0.15, 0.2) is 35.7 Å². The molecule has 0 saturated heterocycles. The molecule has 1 amide bonds. The second-order valence-electron chi connectivity index (χ2n) is 5.81. The number of carbonyl (C=O) groups excluding carboxylic acids is 1. The maximum Gasteiger partial charge on any atom is 0.262 e. The number of aryl methyl sites for hydroxylation is 1. The SMILES string of the molecule is C=CCN(C(=O)c1cc(C)ccc1S(=O)(=O)Cl)C(C)(C)C. The first-order chi connectivity index (χ1) is 9.48. The highest BCUT2D eigenvalue weighted by molar-refractivity contribution is 8.13. The Balaban J connectivity index is 3.47. The van der Waals surface area contributed by atoms with Gasteiger partial charge in [0.05, 0.1) is 10.5 Å². The summed E-state index contributed by atoms with van der Waals surface area (Å²) >= 11 is 0. The van der Waals surface area contributed by atoms with Crippen LogP contribution in [0.2, 0.25) is 0 Å². The summed E-state index contributed by atoms with van der Waals surface area (Å²) < 4.78 is 23.3. The van der Waals surface area contributed by atoms with Gasteiger partial charge in [0, 0.05) is 22.8 Å². The van der Waals surface area contributed by atoms with Gasteiger partial charge < -0.3 is 4.90 Å². The van der Waals surface area contributed by atoms with E-state index in [4.69, 9.17) is 10.7 Å². The van der Waals surface area contributed by atoms with E-state index in [9.17, 15) is 13.2 Å². The summed E-state index contributed by atoms with van der Waals surface area (Å²) in [4.78, 5) is 14.1. The molecule has 1 rings (SSSR count). The van der Waals surface area contributed by atoms with Gasteiger partial charge in [-0.25, -0.2) is 8.42 Å². The van der Waals surface area contributed by atoms with Crippen molar-refractivity contribution in [3.05, 3.63) is 42.0 Å². The van der Waals surface area contributed by atoms with Gasteiger partial charge in [0.2, 0.25) is 0 Å². The molecule has 0 N–H and O–H groups in total. The Kier molecular flexibility index (Phi) is 5.23. The Morgan fingerprint density at radius 2 is 1.95 bits per heavy atom. The van der Waals surface area contributed by atoms with Crippen LogP contribution in [-0.4, -0.2) is 31.3 Å². The summed E-state index contributed by atoms with van der Waals surface area (Å²) in [6.07, 6.45) is 1.60. The highest BCUT2D eigenvalue weighted by atomic mass is 35.7. The quantitative estimate of drug-likeness (QED) is 0.628. The van der Waals surface area contributed by atoms with Gasteiger partial charge in [-0.2, -0.15) is 0 Å². The molecule has 0 fully saturated rings. The molecule has 1 aromatic rings. The minimum Gasteiger partial charge on any atom is -0.330 e. The van der Waals surface area contributed by atoms with Crippen LogP contribution in [0, 0.1) is 6.92 Å². The maximum atomic E-state index is 12.8. The first kappa shape index (κ1) is 17.7. The van der Waals surface area contributed by atoms with E-state index < -0.39 is 14.6 Å². The standard InChI is InChI=1S/C15H20ClNO3S/c1-6-9-17(15(3,4)5)14(18)12-10-11(2)7-8-13(12)21(16,19)20/h6-8,10H,1,9H2,2-5H3. The summed E-state index contributed by atoms with van der Waals surface area (Å²) in [5, 5.41) is 0. The van der Waals surface area contributed by atoms with Gasteiger partial charge >= 0.3 is 0 Å². The third-order valence-electron chi connectivity index (χ3n) is 2.99. The second kappa shape index (κ2) is 6.20. The number of halogens is 1. The van der Waals surface area contributed by atoms with Crippen molar-refractivity contribution in [2.24, 2.45) is 0 Å². The largest absolute Gasteiger partial charge is 0.330 e. The molecule has 0 bridgehead atoms. The number of benzene rings is 1. The molecular weight excluding hydrogens is 310 g/mol. The highest BCUT2D eigenvalue weighted by Gasteiger charge is 2.30. The molecule has 0 aromatic heterocycles. The Bertz CT molecular complexity index is 660. The van der Waals surface area contributed by atoms with E-state index in [-0.39, 0.29) is 16.4 Å². The van der Waals surface area contributed by atoms with Crippen LogP contribution in [0.25, 0.3) is 0 Å². The number of amides is 1. The van der Waals surface area contributed by atoms with Crippen molar-refractivity contribution in [2.45, 2.75) is 38.1 Å². The van der Waals surface area contributed by atoms with E-state index in [1.165, 1.54) is 6.07 Å². The fraction of sp³-hybridized carbons (Fsp3) is 0.400. The van der Waals surface area contributed by atoms with E-state index in [0.717, 1.165) is 5.56 Å². The van der Waals surface area contributed by atoms with Crippen LogP contribution in [0.3, 0.4) is 0 Å². The molecule has 0 spiro atoms. The van der Waals surface area contributed by atoms with Gasteiger partial charge in [0.1, 0.15) is 0 Å². The monoisotopic (exact) mass is 329 g/mol. The van der Waals surface area contributed by atoms with Crippen LogP contribution in [-0.2, 0) is 9.05 Å². The molecule has 0 aliphatic heterocycles. The van der Waals surface area contributed by atoms with Gasteiger partial charge in [-0.15, -0.1) is 6.58 Å². The molecular formula is C15H20ClNO3S. The van der Waals surface area contributed by atoms with Gasteiger partial charge in [0.25, 0.3) is 15.0 Å². The van der Waals surface area contributed by atoms with E-state index in [1.54, 1.807) is 30.0 Å². The van der Waals surface area contributed by atoms with Crippen LogP contribution in [0.4, 0.5) is 0 Å². The third-order valence-corrected chi connectivity index (χ3v) is 4.37. The van der Waals surface area contributed by atoms with Gasteiger partial charge in [-0.05, 0) is 39.8 Å². The van der Waals surface area contributed by atoms with Crippen molar-refractivity contribution in [3.63, 3.8) is 0 Å². The maximum absolute atomic E-state index is 12.8. The zero-order chi connectivity index (χ0) is 16.4. The van der Waals surface area contributed by atoms with Crippen molar-refractivity contribution in [1.82, 2.24) is 4.90 Å². The molecule has 0 saturated carbocycles. The smallest absolute Gasteiger partial charge is 0.262 e. The van der Waals surface area contributed by atoms with Crippen LogP contribution >= 0.6 is 10.7 Å². The zero-order valence-corrected chi connectivity index (χ0v) is 14.3. The van der Waals surface area contributed by atoms with Crippen LogP contribution < -0.4 is 0 Å². The molecule has 6 heteroatoms. The molecule has 116 valence electrons. The van der Waals surface area contributed by atoms with Crippen LogP contribution in [0.1, 0.15) is 36.7 Å². The minimum absolute atomic E-state index is 0.0850. The Morgan fingerprint density at radius 3 is 2.38 bits per heavy atom. The Morgan fingerprint density at radius 1 is 1.38 bits per heavy atom. The predicted octanol–water partition coefficient (Wildman–Crippen LogP) is 3.35. The molecule has 0 atom stereocenters. The van der Waals surface area contributed by atoms with Crippen molar-refractivity contribution >= 4 is 25.6 Å². The van der Waals surface area contributed by atoms with Crippen molar-refractivity contribution < 1.29 is 13.2 Å². The van der Waals surface area contributed by atoms with Crippen molar-refractivity contribution in [3.8, 4) is 0 Å². The zero-order valence-electron chi connectivity index (χ0n) is 12.7. The molecule has 21 heavy (non-hydrogen) atoms. The van der Waals surface area contributed by atoms with Crippen LogP contribution in [0.5, 0.6) is 0 Å². The number of hydrogen-bond acceptors (Lipinski definition) is 3. The third kappa shape index (κ3) is 4.32. The lowest BCUT2D eigenvalue weighted by Gasteiger charge is -2.35. The van der Waals surface area contributed by atoms with Crippen molar-refractivity contribution in [1.29, 1.82) is 0 Å². The molecule has 0 aliphatic carbocycles. The topological polar surface area (TPSA) is 54.5 Å². The molecule has 0 unspecified atom stereocenters. The fourth-order valence-corrected chi connectivity index (χ4v) is 3.00. The molecule has 0 radical (unpaired) electrons. The van der Waals surface area contributed by atoms with Gasteiger partial charge in [-0.1, -0.05) is 17.7 Å². The van der Waals surface area contributed by atoms with E-state index >= 15 is 0 Å².